The van der Waals surface area contributed by atoms with Crippen LogP contribution in [-0.4, -0.2) is 55.0 Å². The molecule has 0 amide bonds. The Hall–Kier alpha value is -3.62. The van der Waals surface area contributed by atoms with Crippen molar-refractivity contribution < 1.29 is 41.4 Å². The van der Waals surface area contributed by atoms with Crippen LogP contribution in [0.1, 0.15) is 5.76 Å². The molecule has 3 aromatic rings. The molecule has 1 saturated heterocycles. The summed E-state index contributed by atoms with van der Waals surface area (Å²) in [4.78, 5) is 46.4. The second-order valence-corrected chi connectivity index (χ2v) is 16.1. The number of aromatic nitrogens is 4. The maximum atomic E-state index is 15.7. The molecule has 44 heavy (non-hydrogen) atoms. The van der Waals surface area contributed by atoms with E-state index in [1.165, 1.54) is 6.07 Å². The van der Waals surface area contributed by atoms with Crippen molar-refractivity contribution in [1.29, 1.82) is 0 Å². The van der Waals surface area contributed by atoms with E-state index in [0.29, 0.717) is 24.9 Å². The van der Waals surface area contributed by atoms with Gasteiger partial charge < -0.3 is 0 Å². The van der Waals surface area contributed by atoms with Crippen LogP contribution in [0.15, 0.2) is 50.9 Å². The molecule has 10 N–H and O–H groups in total. The summed E-state index contributed by atoms with van der Waals surface area (Å²) in [6, 6.07) is 1.46. The van der Waals surface area contributed by atoms with Crippen LogP contribution in [0.3, 0.4) is 0 Å². The number of nitrogens with one attached hydrogen (secondary N) is 4. The van der Waals surface area contributed by atoms with Crippen LogP contribution in [0.5, 0.6) is 5.75 Å². The van der Waals surface area contributed by atoms with Crippen LogP contribution in [0.2, 0.25) is 0 Å². The van der Waals surface area contributed by atoms with Crippen molar-refractivity contribution in [1.82, 2.24) is 35.5 Å². The molecule has 0 saturated carbocycles. The van der Waals surface area contributed by atoms with E-state index in [2.05, 4.69) is 55.4 Å². The number of nitrogens with two attached hydrogens (primary N) is 2. The van der Waals surface area contributed by atoms with E-state index in [4.69, 9.17) is 38.7 Å². The molecule has 2 bridgehead atoms. The molecule has 7 heterocycles. The van der Waals surface area contributed by atoms with Gasteiger partial charge in [-0.25, -0.2) is 0 Å². The molecular weight excluding hydrogens is 669 g/mol. The van der Waals surface area contributed by atoms with Gasteiger partial charge in [0.2, 0.25) is 0 Å². The monoisotopic (exact) mass is 694 g/mol. The van der Waals surface area contributed by atoms with E-state index in [1.807, 2.05) is 0 Å². The first kappa shape index (κ1) is 29.1. The minimum atomic E-state index is -4.54. The topological polar surface area (TPSA) is 255 Å². The van der Waals surface area contributed by atoms with Crippen LogP contribution in [0.25, 0.3) is 17.0 Å². The number of rotatable bonds is 2. The third-order valence-corrected chi connectivity index (χ3v) is 9.85. The van der Waals surface area contributed by atoms with Gasteiger partial charge in [-0.1, -0.05) is 0 Å². The number of alkyl halides is 1. The molecule has 3 aromatic heterocycles. The summed E-state index contributed by atoms with van der Waals surface area (Å²) in [5, 5.41) is 9.38. The van der Waals surface area contributed by atoms with Crippen molar-refractivity contribution in [2.24, 2.45) is 5.73 Å². The Labute approximate surface area is 256 Å². The third-order valence-electron chi connectivity index (χ3n) is 6.68. The number of aromatic amines is 1. The molecule has 4 aliphatic rings. The number of hydrogen-bond acceptors (Lipinski definition) is 19. The molecule has 4 aliphatic heterocycles. The number of nitrogen functional groups attached to an aromatic ring is 1. The number of fused-ring (bicyclic) bond motifs is 5. The molecular formula is C20H25FN10O9P2S2. The van der Waals surface area contributed by atoms with Gasteiger partial charge in [-0.2, -0.15) is 0 Å². The van der Waals surface area contributed by atoms with Gasteiger partial charge in [-0.3, -0.25) is 0 Å². The second kappa shape index (κ2) is 10.5. The number of halogens is 1. The molecule has 7 rings (SSSR count). The van der Waals surface area contributed by atoms with Crippen molar-refractivity contribution in [2.75, 3.05) is 24.0 Å². The summed E-state index contributed by atoms with van der Waals surface area (Å²) in [6.45, 7) is 0.182. The van der Waals surface area contributed by atoms with E-state index in [1.54, 1.807) is 4.90 Å². The fourth-order valence-electron chi connectivity index (χ4n) is 4.75. The second-order valence-electron chi connectivity index (χ2n) is 9.56. The van der Waals surface area contributed by atoms with Gasteiger partial charge in [-0.15, -0.1) is 0 Å². The molecule has 0 radical (unpaired) electrons. The number of furan rings is 1. The van der Waals surface area contributed by atoms with Gasteiger partial charge in [0.05, 0.1) is 0 Å². The summed E-state index contributed by atoms with van der Waals surface area (Å²) in [6.07, 6.45) is -0.739. The van der Waals surface area contributed by atoms with Crippen molar-refractivity contribution in [3.63, 3.8) is 0 Å². The van der Waals surface area contributed by atoms with E-state index >= 15 is 4.39 Å². The van der Waals surface area contributed by atoms with Gasteiger partial charge in [0.15, 0.2) is 0 Å². The summed E-state index contributed by atoms with van der Waals surface area (Å²) in [7, 11) is -8.96. The Morgan fingerprint density at radius 3 is 2.82 bits per heavy atom. The summed E-state index contributed by atoms with van der Waals surface area (Å²) in [5.74, 6) is -1.13. The van der Waals surface area contributed by atoms with Gasteiger partial charge in [0.25, 0.3) is 0 Å². The molecule has 24 heteroatoms. The fourth-order valence-corrected chi connectivity index (χ4v) is 7.32. The number of thiol groups is 2. The standard InChI is InChI=1S/C20H25FN10O9P2S2/c21-11-9-3-36-41(33,43)39-7-1-10(30-5-26-12-15(22)24-4-25-16(12)30)37-8(7)2-35-42(34,44)40-14(11)19(38-9)31-6-27-13-17(31)28-20(23)29-18(13)32/h1,3,6,11,16,24-26,33-34,41-44H,2,4-5,22H2,(H3,23,28,29,32)/b9-3+/t11-,16?/m1/s1. The van der Waals surface area contributed by atoms with Gasteiger partial charge in [-0.05, 0) is 0 Å². The first-order valence-electron chi connectivity index (χ1n) is 12.6. The molecule has 238 valence electrons. The minimum absolute atomic E-state index is 0.00898. The van der Waals surface area contributed by atoms with Gasteiger partial charge in [0.1, 0.15) is 0 Å². The zero-order valence-corrected chi connectivity index (χ0v) is 25.8. The van der Waals surface area contributed by atoms with E-state index in [-0.39, 0.29) is 40.7 Å². The van der Waals surface area contributed by atoms with Crippen LogP contribution < -0.4 is 42.4 Å². The SMILES string of the molecule is NC1=C2NCN(c3cc4c(o3)CO[PH](O)(S)OC3=C(n5cnc6c(=O)[nH]c(N)nc65)O/C(=C/O[PH](O)(S)O4)[C@H]3F)C2NCN1. The van der Waals surface area contributed by atoms with Gasteiger partial charge >= 0.3 is 257 Å². The Morgan fingerprint density at radius 2 is 2.00 bits per heavy atom. The van der Waals surface area contributed by atoms with Crippen molar-refractivity contribution in [3.8, 4) is 5.75 Å². The number of hydrogen-bond donors (Lipinski definition) is 10. The Kier molecular flexibility index (Phi) is 6.94. The number of imidazole rings is 1. The summed E-state index contributed by atoms with van der Waals surface area (Å²) >= 11 is 8.29. The maximum absolute atomic E-state index is 15.7. The third kappa shape index (κ3) is 5.12. The van der Waals surface area contributed by atoms with Crippen LogP contribution in [-0.2, 0) is 24.9 Å². The average Bonchev–Trinajstić information content (AvgIpc) is 3.72. The Morgan fingerprint density at radius 1 is 1.18 bits per heavy atom. The number of anilines is 2. The molecule has 0 aromatic carbocycles. The first-order valence-corrected chi connectivity index (χ1v) is 18.7. The molecule has 0 spiro atoms. The fraction of sp³-hybridized carbons (Fsp3) is 0.250. The first-order chi connectivity index (χ1) is 20.9. The molecule has 0 aliphatic carbocycles. The normalized spacial score (nSPS) is 26.9. The average molecular weight is 695 g/mol. The Balaban J connectivity index is 1.25. The molecule has 19 nitrogen and oxygen atoms in total. The van der Waals surface area contributed by atoms with E-state index in [9.17, 15) is 14.6 Å². The zero-order chi connectivity index (χ0) is 31.0. The predicted molar refractivity (Wildman–Crippen MR) is 162 cm³/mol. The summed E-state index contributed by atoms with van der Waals surface area (Å²) < 4.78 is 50.6. The van der Waals surface area contributed by atoms with Gasteiger partial charge in [0, 0.05) is 0 Å². The number of H-pyrrole nitrogens is 1. The van der Waals surface area contributed by atoms with Crippen molar-refractivity contribution in [2.45, 2.75) is 18.9 Å². The van der Waals surface area contributed by atoms with Crippen LogP contribution in [0, 0.1) is 0 Å². The van der Waals surface area contributed by atoms with E-state index in [0.717, 1.165) is 17.2 Å². The van der Waals surface area contributed by atoms with Crippen LogP contribution in [0.4, 0.5) is 16.2 Å². The molecule has 1 unspecified atom stereocenters. The van der Waals surface area contributed by atoms with Crippen molar-refractivity contribution in [3.05, 3.63) is 57.8 Å². The molecule has 2 atom stereocenters. The van der Waals surface area contributed by atoms with E-state index < -0.39 is 50.0 Å². The van der Waals surface area contributed by atoms with Crippen LogP contribution >= 0.6 is 38.8 Å². The quantitative estimate of drug-likeness (QED) is 0.124. The summed E-state index contributed by atoms with van der Waals surface area (Å²) in [5.41, 5.74) is 11.5. The zero-order valence-electron chi connectivity index (χ0n) is 22.0. The Bertz CT molecular complexity index is 1830. The number of nitrogens with zero attached hydrogens (tertiary/aromatic N) is 4. The predicted octanol–water partition coefficient (Wildman–Crippen LogP) is -0.0917. The van der Waals surface area contributed by atoms with Crippen molar-refractivity contribution >= 4 is 67.7 Å². The molecule has 1 fully saturated rings. The number of ether oxygens (including phenoxy) is 1.